The summed E-state index contributed by atoms with van der Waals surface area (Å²) in [6, 6.07) is 0. The second-order valence-corrected chi connectivity index (χ2v) is 7.12. The van der Waals surface area contributed by atoms with Gasteiger partial charge in [0.15, 0.2) is 5.96 Å². The Balaban J connectivity index is 1.60. The summed E-state index contributed by atoms with van der Waals surface area (Å²) in [4.78, 5) is 6.78. The molecule has 2 aliphatic rings. The molecule has 0 saturated carbocycles. The number of aliphatic imine (C=N–C) groups is 1. The minimum Gasteiger partial charge on any atom is -0.373 e. The van der Waals surface area contributed by atoms with Crippen LogP contribution in [0.1, 0.15) is 40.0 Å². The van der Waals surface area contributed by atoms with E-state index in [2.05, 4.69) is 41.3 Å². The van der Waals surface area contributed by atoms with Crippen LogP contribution in [0, 0.1) is 0 Å². The van der Waals surface area contributed by atoms with Crippen molar-refractivity contribution in [2.24, 2.45) is 4.99 Å². The van der Waals surface area contributed by atoms with Gasteiger partial charge in [0.05, 0.1) is 17.8 Å². The number of nitrogens with zero attached hydrogens (tertiary/aromatic N) is 2. The van der Waals surface area contributed by atoms with Gasteiger partial charge in [0.2, 0.25) is 0 Å². The minimum absolute atomic E-state index is 0.0440. The Morgan fingerprint density at radius 1 is 1.26 bits per heavy atom. The largest absolute Gasteiger partial charge is 0.373 e. The molecule has 2 fully saturated rings. The van der Waals surface area contributed by atoms with Crippen LogP contribution in [0.15, 0.2) is 4.99 Å². The smallest absolute Gasteiger partial charge is 0.191 e. The van der Waals surface area contributed by atoms with Crippen LogP contribution in [0.2, 0.25) is 0 Å². The van der Waals surface area contributed by atoms with Crippen molar-refractivity contribution in [1.82, 2.24) is 15.5 Å². The molecule has 2 saturated heterocycles. The number of rotatable bonds is 6. The molecule has 134 valence electrons. The maximum atomic E-state index is 5.80. The fourth-order valence-corrected chi connectivity index (χ4v) is 3.44. The van der Waals surface area contributed by atoms with Crippen molar-refractivity contribution in [2.75, 3.05) is 46.4 Å². The Kier molecular flexibility index (Phi) is 7.11. The quantitative estimate of drug-likeness (QED) is 0.437. The van der Waals surface area contributed by atoms with Gasteiger partial charge in [-0.3, -0.25) is 9.89 Å². The van der Waals surface area contributed by atoms with Crippen LogP contribution < -0.4 is 10.6 Å². The first-order chi connectivity index (χ1) is 11.0. The Morgan fingerprint density at radius 2 is 2.00 bits per heavy atom. The zero-order valence-electron chi connectivity index (χ0n) is 15.2. The van der Waals surface area contributed by atoms with Crippen molar-refractivity contribution in [2.45, 2.75) is 57.8 Å². The summed E-state index contributed by atoms with van der Waals surface area (Å²) >= 11 is 0. The van der Waals surface area contributed by atoms with E-state index in [1.54, 1.807) is 0 Å². The molecule has 0 bridgehead atoms. The first kappa shape index (κ1) is 18.5. The standard InChI is InChI=1S/C17H34N4O2/c1-14-11-21(12-15(2)23-14)9-6-8-19-16(18-4)20-13-17(3)7-5-10-22-17/h14-15H,5-13H2,1-4H3,(H2,18,19,20). The minimum atomic E-state index is -0.0440. The zero-order chi connectivity index (χ0) is 16.7. The SMILES string of the molecule is CN=C(NCCCN1CC(C)OC(C)C1)NCC1(C)CCCO1. The average Bonchev–Trinajstić information content (AvgIpc) is 2.93. The third-order valence-corrected chi connectivity index (χ3v) is 4.59. The van der Waals surface area contributed by atoms with E-state index >= 15 is 0 Å². The molecule has 0 amide bonds. The van der Waals surface area contributed by atoms with E-state index in [1.807, 2.05) is 7.05 Å². The van der Waals surface area contributed by atoms with Crippen LogP contribution in [0.5, 0.6) is 0 Å². The Morgan fingerprint density at radius 3 is 2.61 bits per heavy atom. The number of ether oxygens (including phenoxy) is 2. The summed E-state index contributed by atoms with van der Waals surface area (Å²) in [5.74, 6) is 0.866. The molecule has 2 heterocycles. The second-order valence-electron chi connectivity index (χ2n) is 7.12. The number of guanidine groups is 1. The van der Waals surface area contributed by atoms with Gasteiger partial charge < -0.3 is 20.1 Å². The summed E-state index contributed by atoms with van der Waals surface area (Å²) in [6.45, 7) is 12.3. The lowest BCUT2D eigenvalue weighted by Crippen LogP contribution is -2.47. The lowest BCUT2D eigenvalue weighted by atomic mass is 10.0. The molecule has 3 unspecified atom stereocenters. The monoisotopic (exact) mass is 326 g/mol. The van der Waals surface area contributed by atoms with E-state index in [0.717, 1.165) is 64.6 Å². The lowest BCUT2D eigenvalue weighted by Gasteiger charge is -2.35. The molecule has 2 rings (SSSR count). The van der Waals surface area contributed by atoms with Gasteiger partial charge in [0, 0.05) is 46.4 Å². The normalized spacial score (nSPS) is 33.0. The van der Waals surface area contributed by atoms with E-state index < -0.39 is 0 Å². The zero-order valence-corrected chi connectivity index (χ0v) is 15.2. The van der Waals surface area contributed by atoms with Gasteiger partial charge >= 0.3 is 0 Å². The van der Waals surface area contributed by atoms with Gasteiger partial charge in [-0.25, -0.2) is 0 Å². The molecule has 2 N–H and O–H groups in total. The average molecular weight is 326 g/mol. The maximum Gasteiger partial charge on any atom is 0.191 e. The van der Waals surface area contributed by atoms with Crippen LogP contribution >= 0.6 is 0 Å². The summed E-state index contributed by atoms with van der Waals surface area (Å²) in [5.41, 5.74) is -0.0440. The predicted molar refractivity (Wildman–Crippen MR) is 94.0 cm³/mol. The Labute approximate surface area is 141 Å². The molecule has 2 aliphatic heterocycles. The topological polar surface area (TPSA) is 58.1 Å². The fraction of sp³-hybridized carbons (Fsp3) is 0.941. The molecule has 0 radical (unpaired) electrons. The van der Waals surface area contributed by atoms with Crippen molar-refractivity contribution >= 4 is 5.96 Å². The van der Waals surface area contributed by atoms with Crippen LogP contribution in [0.25, 0.3) is 0 Å². The van der Waals surface area contributed by atoms with Gasteiger partial charge in [-0.1, -0.05) is 0 Å². The molecule has 23 heavy (non-hydrogen) atoms. The number of hydrogen-bond acceptors (Lipinski definition) is 4. The van der Waals surface area contributed by atoms with Crippen LogP contribution in [0.3, 0.4) is 0 Å². The highest BCUT2D eigenvalue weighted by Crippen LogP contribution is 2.23. The molecule has 0 aromatic rings. The summed E-state index contributed by atoms with van der Waals surface area (Å²) in [5, 5.41) is 6.78. The summed E-state index contributed by atoms with van der Waals surface area (Å²) in [6.07, 6.45) is 4.06. The highest BCUT2D eigenvalue weighted by atomic mass is 16.5. The van der Waals surface area contributed by atoms with Gasteiger partial charge in [0.1, 0.15) is 0 Å². The second kappa shape index (κ2) is 8.85. The van der Waals surface area contributed by atoms with E-state index in [0.29, 0.717) is 12.2 Å². The van der Waals surface area contributed by atoms with Gasteiger partial charge in [-0.2, -0.15) is 0 Å². The van der Waals surface area contributed by atoms with Crippen molar-refractivity contribution in [3.63, 3.8) is 0 Å². The first-order valence-corrected chi connectivity index (χ1v) is 8.97. The van der Waals surface area contributed by atoms with E-state index in [1.165, 1.54) is 0 Å². The molecule has 0 aliphatic carbocycles. The number of hydrogen-bond donors (Lipinski definition) is 2. The van der Waals surface area contributed by atoms with Gasteiger partial charge in [0.25, 0.3) is 0 Å². The molecule has 6 heteroatoms. The van der Waals surface area contributed by atoms with Crippen molar-refractivity contribution < 1.29 is 9.47 Å². The van der Waals surface area contributed by atoms with E-state index in [4.69, 9.17) is 9.47 Å². The van der Waals surface area contributed by atoms with Crippen molar-refractivity contribution in [1.29, 1.82) is 0 Å². The van der Waals surface area contributed by atoms with Gasteiger partial charge in [-0.05, 0) is 40.0 Å². The molecule has 6 nitrogen and oxygen atoms in total. The van der Waals surface area contributed by atoms with Crippen LogP contribution in [0.4, 0.5) is 0 Å². The highest BCUT2D eigenvalue weighted by molar-refractivity contribution is 5.79. The van der Waals surface area contributed by atoms with Crippen LogP contribution in [-0.4, -0.2) is 75.0 Å². The fourth-order valence-electron chi connectivity index (χ4n) is 3.44. The van der Waals surface area contributed by atoms with Gasteiger partial charge in [-0.15, -0.1) is 0 Å². The van der Waals surface area contributed by atoms with Crippen LogP contribution in [-0.2, 0) is 9.47 Å². The third-order valence-electron chi connectivity index (χ3n) is 4.59. The third kappa shape index (κ3) is 6.28. The molecular formula is C17H34N4O2. The molecule has 0 aromatic heterocycles. The maximum absolute atomic E-state index is 5.80. The molecule has 0 aromatic carbocycles. The van der Waals surface area contributed by atoms with E-state index in [9.17, 15) is 0 Å². The Hall–Kier alpha value is -0.850. The summed E-state index contributed by atoms with van der Waals surface area (Å²) < 4.78 is 11.6. The van der Waals surface area contributed by atoms with Crippen molar-refractivity contribution in [3.05, 3.63) is 0 Å². The highest BCUT2D eigenvalue weighted by Gasteiger charge is 2.29. The molecule has 0 spiro atoms. The lowest BCUT2D eigenvalue weighted by molar-refractivity contribution is -0.0679. The predicted octanol–water partition coefficient (Wildman–Crippen LogP) is 1.22. The molecule has 3 atom stereocenters. The summed E-state index contributed by atoms with van der Waals surface area (Å²) in [7, 11) is 1.82. The number of morpholine rings is 1. The molecular weight excluding hydrogens is 292 g/mol. The first-order valence-electron chi connectivity index (χ1n) is 8.97. The van der Waals surface area contributed by atoms with Crippen molar-refractivity contribution in [3.8, 4) is 0 Å². The Bertz CT molecular complexity index is 373. The van der Waals surface area contributed by atoms with E-state index in [-0.39, 0.29) is 5.60 Å². The number of nitrogens with one attached hydrogen (secondary N) is 2.